The number of hydrogen-bond acceptors (Lipinski definition) is 4. The first-order chi connectivity index (χ1) is 8.75. The lowest BCUT2D eigenvalue weighted by Gasteiger charge is -2.17. The third kappa shape index (κ3) is 5.09. The van der Waals surface area contributed by atoms with Crippen LogP contribution in [0.15, 0.2) is 0 Å². The van der Waals surface area contributed by atoms with Crippen LogP contribution in [0, 0.1) is 12.8 Å². The average molecular weight is 301 g/mol. The Bertz CT molecular complexity index is 393. The van der Waals surface area contributed by atoms with Crippen LogP contribution in [0.5, 0.6) is 0 Å². The summed E-state index contributed by atoms with van der Waals surface area (Å²) in [6, 6.07) is 0.401. The summed E-state index contributed by atoms with van der Waals surface area (Å²) in [5.41, 5.74) is 1.34. The van der Waals surface area contributed by atoms with Gasteiger partial charge in [-0.05, 0) is 38.3 Å². The Labute approximate surface area is 126 Å². The van der Waals surface area contributed by atoms with Crippen molar-refractivity contribution >= 4 is 23.1 Å². The quantitative estimate of drug-likeness (QED) is 0.843. The molecule has 0 saturated carbocycles. The molecule has 0 aromatic carbocycles. The number of nitrogens with zero attached hydrogens (tertiary/aromatic N) is 1. The smallest absolute Gasteiger partial charge is 0.0985 e. The highest BCUT2D eigenvalue weighted by atomic mass is 32.2. The van der Waals surface area contributed by atoms with Gasteiger partial charge in [0.05, 0.1) is 10.7 Å². The molecule has 0 aliphatic rings. The van der Waals surface area contributed by atoms with Crippen LogP contribution >= 0.6 is 23.1 Å². The minimum Gasteiger partial charge on any atom is -0.309 e. The van der Waals surface area contributed by atoms with Crippen molar-refractivity contribution in [3.05, 3.63) is 15.6 Å². The van der Waals surface area contributed by atoms with Crippen LogP contribution in [-0.2, 0) is 5.41 Å². The summed E-state index contributed by atoms with van der Waals surface area (Å²) in [5.74, 6) is 1.93. The van der Waals surface area contributed by atoms with Gasteiger partial charge in [-0.2, -0.15) is 11.8 Å². The molecule has 0 bridgehead atoms. The maximum Gasteiger partial charge on any atom is 0.0985 e. The highest BCUT2D eigenvalue weighted by Crippen LogP contribution is 2.32. The summed E-state index contributed by atoms with van der Waals surface area (Å²) >= 11 is 3.78. The summed E-state index contributed by atoms with van der Waals surface area (Å²) in [4.78, 5) is 6.13. The van der Waals surface area contributed by atoms with Crippen LogP contribution in [0.4, 0.5) is 0 Å². The standard InChI is InChI=1S/C15H28N2S2/c1-10(9-18-7)8-16-11(2)13-12(3)17-14(19-13)15(4,5)6/h10-11,16H,8-9H2,1-7H3. The molecule has 19 heavy (non-hydrogen) atoms. The number of nitrogens with one attached hydrogen (secondary N) is 1. The monoisotopic (exact) mass is 300 g/mol. The third-order valence-electron chi connectivity index (χ3n) is 3.09. The van der Waals surface area contributed by atoms with Crippen molar-refractivity contribution in [1.82, 2.24) is 10.3 Å². The molecule has 1 aromatic heterocycles. The molecule has 0 fully saturated rings. The summed E-state index contributed by atoms with van der Waals surface area (Å²) < 4.78 is 0. The molecule has 1 aromatic rings. The SMILES string of the molecule is CSCC(C)CNC(C)c1sc(C(C)(C)C)nc1C. The van der Waals surface area contributed by atoms with E-state index in [0.29, 0.717) is 12.0 Å². The van der Waals surface area contributed by atoms with E-state index in [1.165, 1.54) is 21.3 Å². The van der Waals surface area contributed by atoms with Crippen molar-refractivity contribution in [3.63, 3.8) is 0 Å². The van der Waals surface area contributed by atoms with Crippen LogP contribution in [0.1, 0.15) is 56.2 Å². The summed E-state index contributed by atoms with van der Waals surface area (Å²) in [7, 11) is 0. The molecule has 2 nitrogen and oxygen atoms in total. The normalized spacial score (nSPS) is 15.5. The van der Waals surface area contributed by atoms with Gasteiger partial charge in [-0.3, -0.25) is 0 Å². The Morgan fingerprint density at radius 3 is 2.42 bits per heavy atom. The molecule has 0 aliphatic heterocycles. The molecular weight excluding hydrogens is 272 g/mol. The molecule has 110 valence electrons. The molecule has 1 heterocycles. The zero-order chi connectivity index (χ0) is 14.6. The Morgan fingerprint density at radius 1 is 1.32 bits per heavy atom. The molecule has 2 atom stereocenters. The summed E-state index contributed by atoms with van der Waals surface area (Å²) in [5, 5.41) is 4.89. The van der Waals surface area contributed by atoms with E-state index in [-0.39, 0.29) is 5.41 Å². The molecule has 4 heteroatoms. The van der Waals surface area contributed by atoms with E-state index in [0.717, 1.165) is 6.54 Å². The van der Waals surface area contributed by atoms with Crippen LogP contribution in [0.2, 0.25) is 0 Å². The largest absolute Gasteiger partial charge is 0.309 e. The van der Waals surface area contributed by atoms with Crippen molar-refractivity contribution in [2.75, 3.05) is 18.6 Å². The van der Waals surface area contributed by atoms with Crippen molar-refractivity contribution in [1.29, 1.82) is 0 Å². The Kier molecular flexibility index (Phi) is 6.34. The van der Waals surface area contributed by atoms with Gasteiger partial charge in [0.15, 0.2) is 0 Å². The second-order valence-corrected chi connectivity index (χ2v) is 8.35. The van der Waals surface area contributed by atoms with Gasteiger partial charge in [0.2, 0.25) is 0 Å². The van der Waals surface area contributed by atoms with Gasteiger partial charge in [0.25, 0.3) is 0 Å². The topological polar surface area (TPSA) is 24.9 Å². The molecule has 2 unspecified atom stereocenters. The lowest BCUT2D eigenvalue weighted by Crippen LogP contribution is -2.25. The number of thioether (sulfide) groups is 1. The zero-order valence-electron chi connectivity index (χ0n) is 13.3. The molecule has 0 aliphatic carbocycles. The number of hydrogen-bond donors (Lipinski definition) is 1. The lowest BCUT2D eigenvalue weighted by atomic mass is 9.98. The zero-order valence-corrected chi connectivity index (χ0v) is 15.0. The van der Waals surface area contributed by atoms with Crippen LogP contribution in [0.25, 0.3) is 0 Å². The van der Waals surface area contributed by atoms with Gasteiger partial charge in [-0.1, -0.05) is 27.7 Å². The molecule has 0 amide bonds. The van der Waals surface area contributed by atoms with Crippen molar-refractivity contribution in [2.45, 2.75) is 53.0 Å². The van der Waals surface area contributed by atoms with Gasteiger partial charge >= 0.3 is 0 Å². The third-order valence-corrected chi connectivity index (χ3v) is 5.76. The number of aryl methyl sites for hydroxylation is 1. The van der Waals surface area contributed by atoms with Crippen molar-refractivity contribution in [3.8, 4) is 0 Å². The van der Waals surface area contributed by atoms with E-state index in [4.69, 9.17) is 4.98 Å². The van der Waals surface area contributed by atoms with E-state index in [1.54, 1.807) is 0 Å². The molecule has 1 N–H and O–H groups in total. The number of thiazole rings is 1. The Balaban J connectivity index is 2.67. The van der Waals surface area contributed by atoms with Crippen LogP contribution < -0.4 is 5.32 Å². The molecular formula is C15H28N2S2. The summed E-state index contributed by atoms with van der Waals surface area (Å²) in [6.45, 7) is 14.4. The highest BCUT2D eigenvalue weighted by Gasteiger charge is 2.22. The van der Waals surface area contributed by atoms with E-state index in [1.807, 2.05) is 23.1 Å². The fraction of sp³-hybridized carbons (Fsp3) is 0.800. The minimum atomic E-state index is 0.152. The fourth-order valence-corrected chi connectivity index (χ4v) is 3.78. The molecule has 0 saturated heterocycles. The first kappa shape index (κ1) is 17.0. The van der Waals surface area contributed by atoms with Crippen LogP contribution in [0.3, 0.4) is 0 Å². The minimum absolute atomic E-state index is 0.152. The maximum atomic E-state index is 4.74. The Hall–Kier alpha value is -0.0600. The first-order valence-corrected chi connectivity index (χ1v) is 9.16. The fourth-order valence-electron chi connectivity index (χ4n) is 1.94. The predicted octanol–water partition coefficient (Wildman–Crippen LogP) is 4.40. The van der Waals surface area contributed by atoms with Crippen molar-refractivity contribution in [2.24, 2.45) is 5.92 Å². The number of aromatic nitrogens is 1. The highest BCUT2D eigenvalue weighted by molar-refractivity contribution is 7.98. The number of rotatable bonds is 6. The van der Waals surface area contributed by atoms with Gasteiger partial charge in [-0.25, -0.2) is 4.98 Å². The first-order valence-electron chi connectivity index (χ1n) is 6.95. The van der Waals surface area contributed by atoms with E-state index in [2.05, 4.69) is 53.1 Å². The Morgan fingerprint density at radius 2 is 1.95 bits per heavy atom. The molecule has 0 radical (unpaired) electrons. The lowest BCUT2D eigenvalue weighted by molar-refractivity contribution is 0.504. The second-order valence-electron chi connectivity index (χ2n) is 6.41. The summed E-state index contributed by atoms with van der Waals surface area (Å²) in [6.07, 6.45) is 2.17. The molecule has 0 spiro atoms. The van der Waals surface area contributed by atoms with Gasteiger partial charge in [-0.15, -0.1) is 11.3 Å². The average Bonchev–Trinajstić information content (AvgIpc) is 2.68. The van der Waals surface area contributed by atoms with Gasteiger partial charge < -0.3 is 5.32 Å². The second kappa shape index (κ2) is 7.09. The van der Waals surface area contributed by atoms with Crippen molar-refractivity contribution < 1.29 is 0 Å². The molecule has 1 rings (SSSR count). The maximum absolute atomic E-state index is 4.74. The van der Waals surface area contributed by atoms with E-state index >= 15 is 0 Å². The van der Waals surface area contributed by atoms with Gasteiger partial charge in [0, 0.05) is 16.3 Å². The van der Waals surface area contributed by atoms with Gasteiger partial charge in [0.1, 0.15) is 0 Å². The van der Waals surface area contributed by atoms with E-state index in [9.17, 15) is 0 Å². The predicted molar refractivity (Wildman–Crippen MR) is 89.5 cm³/mol. The van der Waals surface area contributed by atoms with Crippen LogP contribution in [-0.4, -0.2) is 23.5 Å². The van der Waals surface area contributed by atoms with E-state index < -0.39 is 0 Å².